The zero-order chi connectivity index (χ0) is 23.9. The van der Waals surface area contributed by atoms with Crippen LogP contribution in [0.4, 0.5) is 0 Å². The first-order chi connectivity index (χ1) is 16.3. The number of aliphatic hydroxyl groups excluding tert-OH is 3. The second-order valence-corrected chi connectivity index (χ2v) is 9.96. The van der Waals surface area contributed by atoms with E-state index in [9.17, 15) is 25.2 Å². The predicted molar refractivity (Wildman–Crippen MR) is 116 cm³/mol. The molecule has 3 aliphatic heterocycles. The van der Waals surface area contributed by atoms with E-state index >= 15 is 0 Å². The third-order valence-electron chi connectivity index (χ3n) is 8.44. The summed E-state index contributed by atoms with van der Waals surface area (Å²) in [7, 11) is 3.75. The van der Waals surface area contributed by atoms with Gasteiger partial charge in [-0.25, -0.2) is 4.79 Å². The molecule has 1 aromatic rings. The number of hydrogen-bond donors (Lipinski definition) is 4. The molecule has 3 heterocycles. The van der Waals surface area contributed by atoms with Crippen LogP contribution in [0, 0.1) is 5.92 Å². The maximum atomic E-state index is 11.5. The number of piperidine rings is 1. The van der Waals surface area contributed by atoms with E-state index in [-0.39, 0.29) is 11.3 Å². The van der Waals surface area contributed by atoms with Gasteiger partial charge in [0.2, 0.25) is 0 Å². The van der Waals surface area contributed by atoms with Crippen LogP contribution in [0.5, 0.6) is 11.5 Å². The van der Waals surface area contributed by atoms with Gasteiger partial charge in [0.05, 0.1) is 7.11 Å². The standard InChI is InChI=1S/C24H29NO9/c1-25-8-7-24-11-4-6-14(32-23-18(28)16(26)17(27)20(34-23)22(29)30)21(24)33-19-13(31-2)5-3-10(15(19)24)9-12(11)25/h3-6,11-12,14,16-18,20-21,23,26-28H,7-9H2,1-2H3,(H,29,30)/t11-,12+,14-,16-,17-,18+,20-,21-,23?,24-/m0/s1. The summed E-state index contributed by atoms with van der Waals surface area (Å²) in [5.41, 5.74) is 2.00. The van der Waals surface area contributed by atoms with Gasteiger partial charge in [0.25, 0.3) is 0 Å². The van der Waals surface area contributed by atoms with Crippen molar-refractivity contribution >= 4 is 5.97 Å². The second kappa shape index (κ2) is 7.64. The minimum Gasteiger partial charge on any atom is -0.493 e. The summed E-state index contributed by atoms with van der Waals surface area (Å²) in [6, 6.07) is 4.32. The van der Waals surface area contributed by atoms with Crippen molar-refractivity contribution in [2.24, 2.45) is 5.92 Å². The number of rotatable bonds is 4. The third-order valence-corrected chi connectivity index (χ3v) is 8.44. The molecule has 1 spiro atoms. The number of carboxylic acid groups (broad SMARTS) is 1. The van der Waals surface area contributed by atoms with Crippen molar-refractivity contribution in [3.05, 3.63) is 35.4 Å². The SMILES string of the molecule is COc1ccc2c3c1O[C@H]1[C@@H](OC4O[C@H](C(=O)O)[C@@H](O)[C@H](O)[C@H]4O)C=C[C@H]4[C@@H](C2)N(C)CC[C@@]341. The predicted octanol–water partition coefficient (Wildman–Crippen LogP) is -0.582. The van der Waals surface area contributed by atoms with E-state index in [2.05, 4.69) is 24.1 Å². The number of benzene rings is 1. The number of methoxy groups -OCH3 is 1. The quantitative estimate of drug-likeness (QED) is 0.418. The number of aliphatic hydroxyl groups is 3. The largest absolute Gasteiger partial charge is 0.493 e. The fourth-order valence-corrected chi connectivity index (χ4v) is 6.81. The molecule has 5 aliphatic rings. The van der Waals surface area contributed by atoms with Crippen molar-refractivity contribution in [1.82, 2.24) is 4.90 Å². The van der Waals surface area contributed by atoms with Gasteiger partial charge in [0, 0.05) is 22.9 Å². The first-order valence-electron chi connectivity index (χ1n) is 11.6. The zero-order valence-corrected chi connectivity index (χ0v) is 18.9. The highest BCUT2D eigenvalue weighted by Crippen LogP contribution is 2.62. The lowest BCUT2D eigenvalue weighted by Crippen LogP contribution is -2.66. The monoisotopic (exact) mass is 475 g/mol. The lowest BCUT2D eigenvalue weighted by Gasteiger charge is -2.57. The Hall–Kier alpha value is -2.21. The summed E-state index contributed by atoms with van der Waals surface area (Å²) in [6.07, 6.45) is -3.69. The van der Waals surface area contributed by atoms with Crippen LogP contribution in [0.1, 0.15) is 17.5 Å². The summed E-state index contributed by atoms with van der Waals surface area (Å²) in [5.74, 6) is 0.0951. The Kier molecular flexibility index (Phi) is 5.01. The summed E-state index contributed by atoms with van der Waals surface area (Å²) in [6.45, 7) is 0.881. The molecule has 0 radical (unpaired) electrons. The van der Waals surface area contributed by atoms with Gasteiger partial charge in [-0.05, 0) is 38.1 Å². The minimum atomic E-state index is -1.77. The molecule has 34 heavy (non-hydrogen) atoms. The Bertz CT molecular complexity index is 1050. The minimum absolute atomic E-state index is 0.188. The van der Waals surface area contributed by atoms with Gasteiger partial charge < -0.3 is 44.3 Å². The van der Waals surface area contributed by atoms with Crippen LogP contribution in [0.15, 0.2) is 24.3 Å². The fourth-order valence-electron chi connectivity index (χ4n) is 6.81. The van der Waals surface area contributed by atoms with Gasteiger partial charge in [-0.2, -0.15) is 0 Å². The van der Waals surface area contributed by atoms with Crippen LogP contribution in [-0.2, 0) is 26.1 Å². The average molecular weight is 475 g/mol. The third kappa shape index (κ3) is 2.81. The first-order valence-corrected chi connectivity index (χ1v) is 11.6. The normalized spacial score (nSPS) is 44.3. The number of ether oxygens (including phenoxy) is 4. The molecule has 184 valence electrons. The van der Waals surface area contributed by atoms with Crippen molar-refractivity contribution in [2.45, 2.75) is 67.2 Å². The molecule has 10 atom stereocenters. The molecule has 0 amide bonds. The van der Waals surface area contributed by atoms with E-state index in [1.54, 1.807) is 7.11 Å². The smallest absolute Gasteiger partial charge is 0.335 e. The summed E-state index contributed by atoms with van der Waals surface area (Å²) in [4.78, 5) is 13.9. The van der Waals surface area contributed by atoms with Crippen LogP contribution in [0.25, 0.3) is 0 Å². The molecule has 4 N–H and O–H groups in total. The Balaban J connectivity index is 1.39. The van der Waals surface area contributed by atoms with E-state index in [0.29, 0.717) is 17.5 Å². The van der Waals surface area contributed by atoms with Crippen molar-refractivity contribution in [2.75, 3.05) is 20.7 Å². The molecule has 6 rings (SSSR count). The molecule has 2 bridgehead atoms. The maximum absolute atomic E-state index is 11.5. The molecule has 10 nitrogen and oxygen atoms in total. The van der Waals surface area contributed by atoms with E-state index in [4.69, 9.17) is 18.9 Å². The van der Waals surface area contributed by atoms with Crippen LogP contribution < -0.4 is 9.47 Å². The number of carbonyl (C=O) groups is 1. The van der Waals surface area contributed by atoms with E-state index in [1.165, 1.54) is 5.56 Å². The van der Waals surface area contributed by atoms with Gasteiger partial charge in [0.1, 0.15) is 30.5 Å². The van der Waals surface area contributed by atoms with Gasteiger partial charge in [-0.3, -0.25) is 0 Å². The van der Waals surface area contributed by atoms with Gasteiger partial charge >= 0.3 is 5.97 Å². The average Bonchev–Trinajstić information content (AvgIpc) is 3.17. The van der Waals surface area contributed by atoms with Gasteiger partial charge in [-0.15, -0.1) is 0 Å². The first kappa shape index (κ1) is 22.3. The molecule has 2 saturated heterocycles. The zero-order valence-electron chi connectivity index (χ0n) is 18.9. The molecule has 1 aromatic carbocycles. The van der Waals surface area contributed by atoms with Crippen LogP contribution in [0.2, 0.25) is 0 Å². The van der Waals surface area contributed by atoms with Crippen LogP contribution in [0.3, 0.4) is 0 Å². The van der Waals surface area contributed by atoms with E-state index in [0.717, 1.165) is 24.9 Å². The van der Waals surface area contributed by atoms with E-state index in [1.807, 2.05) is 12.1 Å². The van der Waals surface area contributed by atoms with Crippen molar-refractivity contribution in [3.63, 3.8) is 0 Å². The molecule has 1 unspecified atom stereocenters. The molecule has 2 aliphatic carbocycles. The fraction of sp³-hybridized carbons (Fsp3) is 0.625. The van der Waals surface area contributed by atoms with Crippen molar-refractivity contribution in [3.8, 4) is 11.5 Å². The number of carboxylic acids is 1. The topological polar surface area (TPSA) is 138 Å². The Morgan fingerprint density at radius 2 is 1.97 bits per heavy atom. The number of hydrogen-bond acceptors (Lipinski definition) is 9. The molecule has 2 fully saturated rings. The lowest BCUT2D eigenvalue weighted by atomic mass is 9.53. The summed E-state index contributed by atoms with van der Waals surface area (Å²) >= 11 is 0. The number of likely N-dealkylation sites (N-methyl/N-ethyl adjacent to an activating group) is 1. The second-order valence-electron chi connectivity index (χ2n) is 9.96. The van der Waals surface area contributed by atoms with Crippen LogP contribution >= 0.6 is 0 Å². The maximum Gasteiger partial charge on any atom is 0.335 e. The van der Waals surface area contributed by atoms with E-state index < -0.39 is 48.9 Å². The molecule has 10 heteroatoms. The summed E-state index contributed by atoms with van der Waals surface area (Å²) in [5, 5.41) is 40.1. The lowest BCUT2D eigenvalue weighted by molar-refractivity contribution is -0.307. The van der Waals surface area contributed by atoms with Crippen molar-refractivity contribution < 1.29 is 44.2 Å². The number of nitrogens with zero attached hydrogens (tertiary/aromatic N) is 1. The van der Waals surface area contributed by atoms with Crippen molar-refractivity contribution in [1.29, 1.82) is 0 Å². The van der Waals surface area contributed by atoms with Gasteiger partial charge in [0.15, 0.2) is 23.9 Å². The molecule has 0 aromatic heterocycles. The number of likely N-dealkylation sites (tertiary alicyclic amines) is 1. The Morgan fingerprint density at radius 1 is 1.18 bits per heavy atom. The Morgan fingerprint density at radius 3 is 2.71 bits per heavy atom. The molecular formula is C24H29NO9. The number of aliphatic carboxylic acids is 1. The molecule has 0 saturated carbocycles. The van der Waals surface area contributed by atoms with Gasteiger partial charge in [-0.1, -0.05) is 18.2 Å². The highest BCUT2D eigenvalue weighted by molar-refractivity contribution is 5.73. The highest BCUT2D eigenvalue weighted by Gasteiger charge is 2.65. The Labute approximate surface area is 196 Å². The highest BCUT2D eigenvalue weighted by atomic mass is 16.7. The van der Waals surface area contributed by atoms with Crippen LogP contribution in [-0.4, -0.2) is 101 Å². The summed E-state index contributed by atoms with van der Waals surface area (Å²) < 4.78 is 23.7. The molecular weight excluding hydrogens is 446 g/mol.